The van der Waals surface area contributed by atoms with E-state index in [0.717, 1.165) is 17.9 Å². The van der Waals surface area contributed by atoms with Crippen LogP contribution in [0.1, 0.15) is 20.3 Å². The molecule has 1 fully saturated rings. The first-order valence-electron chi connectivity index (χ1n) is 5.63. The lowest BCUT2D eigenvalue weighted by Gasteiger charge is -2.34. The molecule has 1 atom stereocenters. The molecule has 0 aromatic heterocycles. The summed E-state index contributed by atoms with van der Waals surface area (Å²) in [6.07, 6.45) is 0.547. The summed E-state index contributed by atoms with van der Waals surface area (Å²) in [7, 11) is 1.68. The zero-order valence-corrected chi connectivity index (χ0v) is 10.1. The third kappa shape index (κ3) is 1.87. The zero-order chi connectivity index (χ0) is 11.8. The number of hydrogen-bond acceptors (Lipinski definition) is 3. The van der Waals surface area contributed by atoms with E-state index < -0.39 is 0 Å². The van der Waals surface area contributed by atoms with E-state index in [1.807, 2.05) is 24.3 Å². The van der Waals surface area contributed by atoms with Crippen molar-refractivity contribution in [2.75, 3.05) is 18.6 Å². The van der Waals surface area contributed by atoms with Gasteiger partial charge in [-0.3, -0.25) is 0 Å². The zero-order valence-electron chi connectivity index (χ0n) is 10.1. The van der Waals surface area contributed by atoms with Gasteiger partial charge in [0, 0.05) is 12.1 Å². The van der Waals surface area contributed by atoms with E-state index >= 15 is 0 Å². The number of benzene rings is 1. The Morgan fingerprint density at radius 3 is 2.62 bits per heavy atom. The van der Waals surface area contributed by atoms with Crippen molar-refractivity contribution in [1.82, 2.24) is 0 Å². The number of anilines is 1. The van der Waals surface area contributed by atoms with Crippen LogP contribution in [0.5, 0.6) is 5.75 Å². The Bertz CT molecular complexity index is 376. The van der Waals surface area contributed by atoms with Gasteiger partial charge in [-0.05, 0) is 32.4 Å². The topological polar surface area (TPSA) is 32.7 Å². The molecule has 3 heteroatoms. The van der Waals surface area contributed by atoms with Gasteiger partial charge in [-0.1, -0.05) is 12.1 Å². The first-order valence-corrected chi connectivity index (χ1v) is 5.63. The van der Waals surface area contributed by atoms with Gasteiger partial charge in [0.25, 0.3) is 0 Å². The Hall–Kier alpha value is -1.22. The predicted octanol–water partition coefficient (Wildman–Crippen LogP) is 2.04. The number of aliphatic hydroxyl groups excluding tert-OH is 1. The summed E-state index contributed by atoms with van der Waals surface area (Å²) in [6.45, 7) is 4.97. The Morgan fingerprint density at radius 2 is 2.06 bits per heavy atom. The average Bonchev–Trinajstić information content (AvgIpc) is 2.51. The maximum atomic E-state index is 9.78. The summed E-state index contributed by atoms with van der Waals surface area (Å²) in [6, 6.07) is 7.95. The van der Waals surface area contributed by atoms with Crippen LogP contribution < -0.4 is 9.64 Å². The molecule has 1 unspecified atom stereocenters. The van der Waals surface area contributed by atoms with Crippen molar-refractivity contribution in [3.05, 3.63) is 24.3 Å². The van der Waals surface area contributed by atoms with Crippen molar-refractivity contribution in [2.24, 2.45) is 0 Å². The van der Waals surface area contributed by atoms with Crippen LogP contribution in [0.15, 0.2) is 24.3 Å². The quantitative estimate of drug-likeness (QED) is 0.829. The highest BCUT2D eigenvalue weighted by Gasteiger charge is 2.38. The summed E-state index contributed by atoms with van der Waals surface area (Å²) in [4.78, 5) is 2.22. The van der Waals surface area contributed by atoms with Gasteiger partial charge in [-0.2, -0.15) is 0 Å². The minimum absolute atomic E-state index is 0.0198. The molecule has 1 saturated heterocycles. The minimum Gasteiger partial charge on any atom is -0.495 e. The van der Waals surface area contributed by atoms with Crippen molar-refractivity contribution in [1.29, 1.82) is 0 Å². The van der Waals surface area contributed by atoms with Crippen LogP contribution in [0.2, 0.25) is 0 Å². The number of nitrogens with zero attached hydrogens (tertiary/aromatic N) is 1. The van der Waals surface area contributed by atoms with Gasteiger partial charge in [0.2, 0.25) is 0 Å². The maximum absolute atomic E-state index is 9.78. The van der Waals surface area contributed by atoms with Crippen LogP contribution in [0, 0.1) is 0 Å². The van der Waals surface area contributed by atoms with Gasteiger partial charge in [0.05, 0.1) is 18.9 Å². The molecule has 16 heavy (non-hydrogen) atoms. The van der Waals surface area contributed by atoms with E-state index in [9.17, 15) is 5.11 Å². The summed E-state index contributed by atoms with van der Waals surface area (Å²) >= 11 is 0. The van der Waals surface area contributed by atoms with Gasteiger partial charge >= 0.3 is 0 Å². The number of ether oxygens (including phenoxy) is 1. The molecule has 0 spiro atoms. The summed E-state index contributed by atoms with van der Waals surface area (Å²) < 4.78 is 5.36. The van der Waals surface area contributed by atoms with E-state index in [0.29, 0.717) is 6.54 Å². The Morgan fingerprint density at radius 1 is 1.38 bits per heavy atom. The van der Waals surface area contributed by atoms with Gasteiger partial charge in [0.1, 0.15) is 5.75 Å². The highest BCUT2D eigenvalue weighted by atomic mass is 16.5. The fourth-order valence-corrected chi connectivity index (χ4v) is 2.49. The Kier molecular flexibility index (Phi) is 2.80. The molecule has 2 rings (SSSR count). The molecule has 1 aromatic rings. The van der Waals surface area contributed by atoms with Crippen molar-refractivity contribution in [3.63, 3.8) is 0 Å². The molecule has 3 nitrogen and oxygen atoms in total. The molecule has 0 amide bonds. The van der Waals surface area contributed by atoms with E-state index in [1.165, 1.54) is 0 Å². The summed E-state index contributed by atoms with van der Waals surface area (Å²) in [5, 5.41) is 9.78. The Balaban J connectivity index is 2.37. The highest BCUT2D eigenvalue weighted by molar-refractivity contribution is 5.61. The van der Waals surface area contributed by atoms with Crippen LogP contribution in [-0.4, -0.2) is 30.4 Å². The molecule has 1 aliphatic heterocycles. The second-order valence-corrected chi connectivity index (χ2v) is 4.95. The molecule has 0 aliphatic carbocycles. The smallest absolute Gasteiger partial charge is 0.142 e. The van der Waals surface area contributed by atoms with Gasteiger partial charge < -0.3 is 14.7 Å². The molecule has 1 aliphatic rings. The molecule has 88 valence electrons. The standard InChI is InChI=1S/C13H19NO2/c1-13(2)8-10(15)9-14(13)11-6-4-5-7-12(11)16-3/h4-7,10,15H,8-9H2,1-3H3. The van der Waals surface area contributed by atoms with Crippen molar-refractivity contribution < 1.29 is 9.84 Å². The number of methoxy groups -OCH3 is 1. The first kappa shape index (κ1) is 11.3. The molecule has 0 radical (unpaired) electrons. The van der Waals surface area contributed by atoms with Crippen LogP contribution >= 0.6 is 0 Å². The number of hydrogen-bond donors (Lipinski definition) is 1. The SMILES string of the molecule is COc1ccccc1N1CC(O)CC1(C)C. The van der Waals surface area contributed by atoms with Crippen LogP contribution in [-0.2, 0) is 0 Å². The van der Waals surface area contributed by atoms with Gasteiger partial charge in [0.15, 0.2) is 0 Å². The molecular weight excluding hydrogens is 202 g/mol. The molecule has 0 saturated carbocycles. The number of rotatable bonds is 2. The monoisotopic (exact) mass is 221 g/mol. The van der Waals surface area contributed by atoms with Crippen LogP contribution in [0.4, 0.5) is 5.69 Å². The molecular formula is C13H19NO2. The predicted molar refractivity (Wildman–Crippen MR) is 65.0 cm³/mol. The number of β-amino-alcohol motifs (C(OH)–C–C–N with tert-alkyl or cyclic N) is 1. The van der Waals surface area contributed by atoms with Gasteiger partial charge in [-0.25, -0.2) is 0 Å². The van der Waals surface area contributed by atoms with Crippen molar-refractivity contribution in [2.45, 2.75) is 31.9 Å². The minimum atomic E-state index is -0.250. The molecule has 1 aromatic carbocycles. The lowest BCUT2D eigenvalue weighted by molar-refractivity contribution is 0.188. The third-order valence-electron chi connectivity index (χ3n) is 3.24. The second-order valence-electron chi connectivity index (χ2n) is 4.95. The largest absolute Gasteiger partial charge is 0.495 e. The highest BCUT2D eigenvalue weighted by Crippen LogP contribution is 2.38. The van der Waals surface area contributed by atoms with Gasteiger partial charge in [-0.15, -0.1) is 0 Å². The maximum Gasteiger partial charge on any atom is 0.142 e. The van der Waals surface area contributed by atoms with Crippen molar-refractivity contribution in [3.8, 4) is 5.75 Å². The average molecular weight is 221 g/mol. The van der Waals surface area contributed by atoms with E-state index in [4.69, 9.17) is 4.74 Å². The fraction of sp³-hybridized carbons (Fsp3) is 0.538. The third-order valence-corrected chi connectivity index (χ3v) is 3.24. The summed E-state index contributed by atoms with van der Waals surface area (Å²) in [5.41, 5.74) is 1.04. The van der Waals surface area contributed by atoms with Crippen LogP contribution in [0.25, 0.3) is 0 Å². The molecule has 1 N–H and O–H groups in total. The lowest BCUT2D eigenvalue weighted by atomic mass is 10.0. The fourth-order valence-electron chi connectivity index (χ4n) is 2.49. The first-order chi connectivity index (χ1) is 7.54. The number of aliphatic hydroxyl groups is 1. The van der Waals surface area contributed by atoms with Crippen molar-refractivity contribution >= 4 is 5.69 Å². The summed E-state index contributed by atoms with van der Waals surface area (Å²) in [5.74, 6) is 0.865. The van der Waals surface area contributed by atoms with Crippen LogP contribution in [0.3, 0.4) is 0 Å². The van der Waals surface area contributed by atoms with E-state index in [-0.39, 0.29) is 11.6 Å². The Labute approximate surface area is 96.6 Å². The number of para-hydroxylation sites is 2. The molecule has 1 heterocycles. The molecule has 0 bridgehead atoms. The van der Waals surface area contributed by atoms with E-state index in [2.05, 4.69) is 18.7 Å². The second kappa shape index (κ2) is 3.98. The lowest BCUT2D eigenvalue weighted by Crippen LogP contribution is -2.38. The normalized spacial score (nSPS) is 23.5. The van der Waals surface area contributed by atoms with E-state index in [1.54, 1.807) is 7.11 Å².